The summed E-state index contributed by atoms with van der Waals surface area (Å²) in [6.07, 6.45) is 2.55. The molecule has 3 heterocycles. The lowest BCUT2D eigenvalue weighted by Gasteiger charge is -2.32. The Morgan fingerprint density at radius 3 is 2.95 bits per heavy atom. The first-order valence-corrected chi connectivity index (χ1v) is 7.70. The summed E-state index contributed by atoms with van der Waals surface area (Å²) in [5.74, 6) is 0. The lowest BCUT2D eigenvalue weighted by molar-refractivity contribution is 0.185. The number of aromatic nitrogens is 3. The molecule has 112 valence electrons. The summed E-state index contributed by atoms with van der Waals surface area (Å²) in [5.41, 5.74) is 2.36. The van der Waals surface area contributed by atoms with E-state index in [-0.39, 0.29) is 12.4 Å². The Morgan fingerprint density at radius 1 is 1.40 bits per heavy atom. The molecule has 0 aliphatic carbocycles. The van der Waals surface area contributed by atoms with Crippen LogP contribution in [0.5, 0.6) is 0 Å². The van der Waals surface area contributed by atoms with Crippen LogP contribution < -0.4 is 5.32 Å². The number of nitrogens with zero attached hydrogens (tertiary/aromatic N) is 4. The number of halogens is 1. The molecule has 2 aromatic heterocycles. The average Bonchev–Trinajstić information content (AvgIpc) is 2.88. The van der Waals surface area contributed by atoms with E-state index in [9.17, 15) is 0 Å². The monoisotopic (exact) mass is 315 g/mol. The van der Waals surface area contributed by atoms with E-state index in [1.807, 2.05) is 11.4 Å². The molecule has 1 N–H and O–H groups in total. The van der Waals surface area contributed by atoms with Gasteiger partial charge in [-0.2, -0.15) is 5.10 Å². The van der Waals surface area contributed by atoms with E-state index in [4.69, 9.17) is 0 Å². The summed E-state index contributed by atoms with van der Waals surface area (Å²) in [6, 6.07) is 0.620. The highest BCUT2D eigenvalue weighted by Crippen LogP contribution is 2.20. The van der Waals surface area contributed by atoms with E-state index >= 15 is 0 Å². The second kappa shape index (κ2) is 6.39. The van der Waals surface area contributed by atoms with Crippen molar-refractivity contribution in [3.05, 3.63) is 16.4 Å². The zero-order valence-corrected chi connectivity index (χ0v) is 13.9. The number of imidazole rings is 1. The summed E-state index contributed by atoms with van der Waals surface area (Å²) < 4.78 is 2.03. The van der Waals surface area contributed by atoms with Crippen LogP contribution >= 0.6 is 23.7 Å². The molecule has 0 radical (unpaired) electrons. The quantitative estimate of drug-likeness (QED) is 0.941. The number of likely N-dealkylation sites (N-methyl/N-ethyl adjacent to an activating group) is 1. The summed E-state index contributed by atoms with van der Waals surface area (Å²) in [7, 11) is 2.06. The van der Waals surface area contributed by atoms with Gasteiger partial charge in [0.25, 0.3) is 0 Å². The van der Waals surface area contributed by atoms with Crippen LogP contribution in [0.4, 0.5) is 0 Å². The second-order valence-corrected chi connectivity index (χ2v) is 6.48. The van der Waals surface area contributed by atoms with E-state index in [1.54, 1.807) is 11.3 Å². The van der Waals surface area contributed by atoms with Crippen molar-refractivity contribution in [2.75, 3.05) is 20.1 Å². The number of likely N-dealkylation sites (tertiary alicyclic amines) is 1. The molecule has 1 saturated heterocycles. The van der Waals surface area contributed by atoms with Gasteiger partial charge in [-0.25, -0.2) is 9.50 Å². The van der Waals surface area contributed by atoms with Gasteiger partial charge in [-0.3, -0.25) is 4.90 Å². The molecule has 0 amide bonds. The Kier molecular flexibility index (Phi) is 5.01. The number of fused-ring (bicyclic) bond motifs is 1. The summed E-state index contributed by atoms with van der Waals surface area (Å²) in [4.78, 5) is 8.15. The summed E-state index contributed by atoms with van der Waals surface area (Å²) >= 11 is 1.66. The van der Waals surface area contributed by atoms with Crippen LogP contribution in [0.1, 0.15) is 29.2 Å². The fourth-order valence-corrected chi connectivity index (χ4v) is 3.62. The highest BCUT2D eigenvalue weighted by atomic mass is 35.5. The van der Waals surface area contributed by atoms with Crippen LogP contribution in [0.25, 0.3) is 4.96 Å². The third-order valence-electron chi connectivity index (χ3n) is 3.88. The maximum Gasteiger partial charge on any atom is 0.212 e. The van der Waals surface area contributed by atoms with Gasteiger partial charge in [-0.1, -0.05) is 11.3 Å². The number of rotatable bonds is 3. The van der Waals surface area contributed by atoms with Gasteiger partial charge in [0.2, 0.25) is 4.96 Å². The van der Waals surface area contributed by atoms with Crippen LogP contribution in [0.3, 0.4) is 0 Å². The van der Waals surface area contributed by atoms with E-state index < -0.39 is 0 Å². The van der Waals surface area contributed by atoms with Crippen molar-refractivity contribution in [3.63, 3.8) is 0 Å². The molecule has 1 atom stereocenters. The van der Waals surface area contributed by atoms with E-state index in [2.05, 4.69) is 34.3 Å². The van der Waals surface area contributed by atoms with Gasteiger partial charge in [-0.05, 0) is 40.3 Å². The molecule has 0 aromatic carbocycles. The van der Waals surface area contributed by atoms with Crippen LogP contribution in [0.15, 0.2) is 0 Å². The van der Waals surface area contributed by atoms with E-state index in [0.29, 0.717) is 6.04 Å². The molecule has 20 heavy (non-hydrogen) atoms. The Bertz CT molecular complexity index is 579. The van der Waals surface area contributed by atoms with Crippen LogP contribution in [-0.4, -0.2) is 45.7 Å². The first-order chi connectivity index (χ1) is 9.17. The average molecular weight is 316 g/mol. The molecule has 0 spiro atoms. The SMILES string of the molecule is CNC1CCCN(Cc2c(C)nc3sc(C)nn23)C1.Cl. The van der Waals surface area contributed by atoms with Crippen molar-refractivity contribution in [2.45, 2.75) is 39.3 Å². The first-order valence-electron chi connectivity index (χ1n) is 6.88. The Morgan fingerprint density at radius 2 is 2.20 bits per heavy atom. The molecular weight excluding hydrogens is 294 g/mol. The highest BCUT2D eigenvalue weighted by molar-refractivity contribution is 7.16. The predicted molar refractivity (Wildman–Crippen MR) is 84.9 cm³/mol. The van der Waals surface area contributed by atoms with Crippen LogP contribution in [-0.2, 0) is 6.54 Å². The third-order valence-corrected chi connectivity index (χ3v) is 4.71. The number of hydrogen-bond acceptors (Lipinski definition) is 5. The number of hydrogen-bond donors (Lipinski definition) is 1. The lowest BCUT2D eigenvalue weighted by Crippen LogP contribution is -2.44. The van der Waals surface area contributed by atoms with Crippen molar-refractivity contribution >= 4 is 28.7 Å². The summed E-state index contributed by atoms with van der Waals surface area (Å²) in [6.45, 7) is 7.37. The summed E-state index contributed by atoms with van der Waals surface area (Å²) in [5, 5.41) is 9.04. The third kappa shape index (κ3) is 2.98. The standard InChI is InChI=1S/C13H21N5S.ClH/c1-9-12(18-13(15-9)19-10(2)16-18)8-17-6-4-5-11(7-17)14-3;/h11,14H,4-8H2,1-3H3;1H. The normalized spacial score (nSPS) is 20.2. The largest absolute Gasteiger partial charge is 0.316 e. The van der Waals surface area contributed by atoms with Gasteiger partial charge in [-0.15, -0.1) is 12.4 Å². The van der Waals surface area contributed by atoms with Crippen molar-refractivity contribution in [2.24, 2.45) is 0 Å². The van der Waals surface area contributed by atoms with Crippen molar-refractivity contribution in [1.82, 2.24) is 24.8 Å². The Balaban J connectivity index is 0.00000147. The molecule has 3 rings (SSSR count). The maximum atomic E-state index is 4.62. The molecule has 5 nitrogen and oxygen atoms in total. The van der Waals surface area contributed by atoms with Crippen molar-refractivity contribution in [3.8, 4) is 0 Å². The lowest BCUT2D eigenvalue weighted by atomic mass is 10.1. The Hall–Kier alpha value is -0.690. The minimum Gasteiger partial charge on any atom is -0.316 e. The molecule has 1 fully saturated rings. The van der Waals surface area contributed by atoms with Gasteiger partial charge in [0.15, 0.2) is 0 Å². The molecule has 0 saturated carbocycles. The van der Waals surface area contributed by atoms with Gasteiger partial charge in [0.05, 0.1) is 11.4 Å². The molecular formula is C13H22ClN5S. The van der Waals surface area contributed by atoms with Crippen molar-refractivity contribution in [1.29, 1.82) is 0 Å². The molecule has 0 bridgehead atoms. The molecule has 1 aliphatic rings. The van der Waals surface area contributed by atoms with E-state index in [1.165, 1.54) is 25.1 Å². The van der Waals surface area contributed by atoms with E-state index in [0.717, 1.165) is 28.8 Å². The molecule has 1 aliphatic heterocycles. The fraction of sp³-hybridized carbons (Fsp3) is 0.692. The van der Waals surface area contributed by atoms with Gasteiger partial charge in [0, 0.05) is 19.1 Å². The molecule has 1 unspecified atom stereocenters. The molecule has 2 aromatic rings. The van der Waals surface area contributed by atoms with Gasteiger partial charge >= 0.3 is 0 Å². The van der Waals surface area contributed by atoms with Crippen LogP contribution in [0.2, 0.25) is 0 Å². The zero-order chi connectivity index (χ0) is 13.4. The molecule has 7 heteroatoms. The van der Waals surface area contributed by atoms with Crippen molar-refractivity contribution < 1.29 is 0 Å². The number of aryl methyl sites for hydroxylation is 2. The van der Waals surface area contributed by atoms with Gasteiger partial charge in [0.1, 0.15) is 5.01 Å². The van der Waals surface area contributed by atoms with Gasteiger partial charge < -0.3 is 5.32 Å². The minimum atomic E-state index is 0. The van der Waals surface area contributed by atoms with Crippen LogP contribution in [0, 0.1) is 13.8 Å². The highest BCUT2D eigenvalue weighted by Gasteiger charge is 2.21. The smallest absolute Gasteiger partial charge is 0.212 e. The minimum absolute atomic E-state index is 0. The Labute approximate surface area is 129 Å². The predicted octanol–water partition coefficient (Wildman–Crippen LogP) is 2.01. The number of nitrogens with one attached hydrogen (secondary N) is 1. The maximum absolute atomic E-state index is 4.62. The zero-order valence-electron chi connectivity index (χ0n) is 12.2. The topological polar surface area (TPSA) is 45.5 Å². The second-order valence-electron chi connectivity index (χ2n) is 5.32. The fourth-order valence-electron chi connectivity index (χ4n) is 2.81. The number of piperidine rings is 1. The first kappa shape index (κ1) is 15.7.